The van der Waals surface area contributed by atoms with Crippen LogP contribution >= 0.6 is 0 Å². The molecule has 2 saturated heterocycles. The van der Waals surface area contributed by atoms with E-state index in [0.717, 1.165) is 38.7 Å². The zero-order valence-corrected chi connectivity index (χ0v) is 13.6. The van der Waals surface area contributed by atoms with Gasteiger partial charge in [0, 0.05) is 38.8 Å². The number of ether oxygens (including phenoxy) is 1. The van der Waals surface area contributed by atoms with Crippen molar-refractivity contribution in [2.75, 3.05) is 45.9 Å². The third-order valence-electron chi connectivity index (χ3n) is 4.59. The number of piperidine rings is 1. The molecule has 0 bridgehead atoms. The van der Waals surface area contributed by atoms with Crippen LogP contribution in [0.1, 0.15) is 33.6 Å². The zero-order chi connectivity index (χ0) is 14.5. The molecule has 2 aliphatic rings. The molecular formula is C16H33N3O. The van der Waals surface area contributed by atoms with Gasteiger partial charge < -0.3 is 15.4 Å². The van der Waals surface area contributed by atoms with E-state index in [1.165, 1.54) is 25.9 Å². The highest BCUT2D eigenvalue weighted by Crippen LogP contribution is 2.20. The van der Waals surface area contributed by atoms with Gasteiger partial charge in [-0.05, 0) is 38.1 Å². The molecule has 0 amide bonds. The summed E-state index contributed by atoms with van der Waals surface area (Å²) in [6, 6.07) is 0.322. The van der Waals surface area contributed by atoms with Gasteiger partial charge >= 0.3 is 0 Å². The molecule has 3 atom stereocenters. The van der Waals surface area contributed by atoms with Crippen LogP contribution in [0.15, 0.2) is 0 Å². The van der Waals surface area contributed by atoms with E-state index in [2.05, 4.69) is 30.6 Å². The second-order valence-electron chi connectivity index (χ2n) is 7.17. The Hall–Kier alpha value is -0.160. The number of likely N-dealkylation sites (tertiary alicyclic amines) is 1. The van der Waals surface area contributed by atoms with Gasteiger partial charge in [0.05, 0.1) is 12.7 Å². The van der Waals surface area contributed by atoms with Gasteiger partial charge in [-0.3, -0.25) is 4.90 Å². The summed E-state index contributed by atoms with van der Waals surface area (Å²) in [5, 5.41) is 0. The lowest BCUT2D eigenvalue weighted by Crippen LogP contribution is -2.51. The molecule has 0 aliphatic carbocycles. The lowest BCUT2D eigenvalue weighted by atomic mass is 9.92. The van der Waals surface area contributed by atoms with Crippen LogP contribution < -0.4 is 5.73 Å². The summed E-state index contributed by atoms with van der Waals surface area (Å²) in [6.45, 7) is 14.5. The summed E-state index contributed by atoms with van der Waals surface area (Å²) >= 11 is 0. The van der Waals surface area contributed by atoms with Crippen molar-refractivity contribution in [1.29, 1.82) is 0 Å². The van der Waals surface area contributed by atoms with Crippen molar-refractivity contribution in [3.8, 4) is 0 Å². The van der Waals surface area contributed by atoms with E-state index in [0.29, 0.717) is 18.1 Å². The predicted octanol–water partition coefficient (Wildman–Crippen LogP) is 1.40. The van der Waals surface area contributed by atoms with Gasteiger partial charge in [-0.1, -0.05) is 13.8 Å². The Bertz CT molecular complexity index is 283. The molecule has 3 unspecified atom stereocenters. The molecule has 4 nitrogen and oxygen atoms in total. The molecule has 0 spiro atoms. The van der Waals surface area contributed by atoms with Crippen molar-refractivity contribution in [3.63, 3.8) is 0 Å². The Morgan fingerprint density at radius 1 is 1.15 bits per heavy atom. The molecular weight excluding hydrogens is 250 g/mol. The number of nitrogens with zero attached hydrogens (tertiary/aromatic N) is 2. The van der Waals surface area contributed by atoms with Crippen LogP contribution in [0.4, 0.5) is 0 Å². The number of morpholine rings is 1. The van der Waals surface area contributed by atoms with Crippen LogP contribution in [0.2, 0.25) is 0 Å². The minimum atomic E-state index is 0.322. The third-order valence-corrected chi connectivity index (χ3v) is 4.59. The largest absolute Gasteiger partial charge is 0.374 e. The SMILES string of the molecule is CC(C)CN1CCOC(CN2CCCC(C(C)N)C2)C1. The van der Waals surface area contributed by atoms with Crippen molar-refractivity contribution >= 4 is 0 Å². The van der Waals surface area contributed by atoms with Crippen molar-refractivity contribution < 1.29 is 4.74 Å². The Labute approximate surface area is 124 Å². The van der Waals surface area contributed by atoms with E-state index in [4.69, 9.17) is 10.5 Å². The van der Waals surface area contributed by atoms with Crippen LogP contribution in [0.3, 0.4) is 0 Å². The highest BCUT2D eigenvalue weighted by molar-refractivity contribution is 4.82. The zero-order valence-electron chi connectivity index (χ0n) is 13.6. The van der Waals surface area contributed by atoms with Gasteiger partial charge in [0.1, 0.15) is 0 Å². The number of nitrogens with two attached hydrogens (primary N) is 1. The van der Waals surface area contributed by atoms with Crippen LogP contribution in [0, 0.1) is 11.8 Å². The normalized spacial score (nSPS) is 31.6. The fourth-order valence-corrected chi connectivity index (χ4v) is 3.55. The highest BCUT2D eigenvalue weighted by atomic mass is 16.5. The first-order valence-corrected chi connectivity index (χ1v) is 8.36. The molecule has 0 aromatic rings. The highest BCUT2D eigenvalue weighted by Gasteiger charge is 2.27. The van der Waals surface area contributed by atoms with Gasteiger partial charge in [0.2, 0.25) is 0 Å². The number of rotatable bonds is 5. The topological polar surface area (TPSA) is 41.7 Å². The molecule has 2 aliphatic heterocycles. The first-order chi connectivity index (χ1) is 9.54. The summed E-state index contributed by atoms with van der Waals surface area (Å²) in [5.74, 6) is 1.41. The maximum absolute atomic E-state index is 6.07. The van der Waals surface area contributed by atoms with E-state index in [-0.39, 0.29) is 0 Å². The molecule has 0 saturated carbocycles. The second kappa shape index (κ2) is 7.74. The van der Waals surface area contributed by atoms with Crippen LogP contribution in [-0.2, 0) is 4.74 Å². The van der Waals surface area contributed by atoms with Crippen molar-refractivity contribution in [2.24, 2.45) is 17.6 Å². The van der Waals surface area contributed by atoms with E-state index in [9.17, 15) is 0 Å². The number of hydrogen-bond acceptors (Lipinski definition) is 4. The fraction of sp³-hybridized carbons (Fsp3) is 1.00. The van der Waals surface area contributed by atoms with Crippen molar-refractivity contribution in [2.45, 2.75) is 45.8 Å². The molecule has 2 rings (SSSR count). The molecule has 0 aromatic heterocycles. The molecule has 0 aromatic carbocycles. The molecule has 2 heterocycles. The van der Waals surface area contributed by atoms with Crippen molar-refractivity contribution in [1.82, 2.24) is 9.80 Å². The molecule has 0 radical (unpaired) electrons. The van der Waals surface area contributed by atoms with Gasteiger partial charge in [0.15, 0.2) is 0 Å². The van der Waals surface area contributed by atoms with E-state index in [1.807, 2.05) is 0 Å². The number of hydrogen-bond donors (Lipinski definition) is 1. The average molecular weight is 283 g/mol. The van der Waals surface area contributed by atoms with Gasteiger partial charge in [-0.15, -0.1) is 0 Å². The summed E-state index contributed by atoms with van der Waals surface area (Å²) < 4.78 is 5.97. The molecule has 20 heavy (non-hydrogen) atoms. The smallest absolute Gasteiger partial charge is 0.0829 e. The summed E-state index contributed by atoms with van der Waals surface area (Å²) in [6.07, 6.45) is 2.96. The quantitative estimate of drug-likeness (QED) is 0.828. The van der Waals surface area contributed by atoms with Crippen LogP contribution in [0.5, 0.6) is 0 Å². The van der Waals surface area contributed by atoms with Crippen LogP contribution in [-0.4, -0.2) is 67.8 Å². The lowest BCUT2D eigenvalue weighted by molar-refractivity contribution is -0.0506. The Balaban J connectivity index is 1.77. The fourth-order valence-electron chi connectivity index (χ4n) is 3.55. The van der Waals surface area contributed by atoms with Gasteiger partial charge in [-0.2, -0.15) is 0 Å². The predicted molar refractivity (Wildman–Crippen MR) is 83.8 cm³/mol. The van der Waals surface area contributed by atoms with E-state index >= 15 is 0 Å². The molecule has 4 heteroatoms. The first kappa shape index (κ1) is 16.2. The molecule has 2 N–H and O–H groups in total. The second-order valence-corrected chi connectivity index (χ2v) is 7.17. The molecule has 2 fully saturated rings. The maximum atomic E-state index is 6.07. The first-order valence-electron chi connectivity index (χ1n) is 8.36. The van der Waals surface area contributed by atoms with Gasteiger partial charge in [-0.25, -0.2) is 0 Å². The maximum Gasteiger partial charge on any atom is 0.0829 e. The Kier molecular flexibility index (Phi) is 6.27. The van der Waals surface area contributed by atoms with Gasteiger partial charge in [0.25, 0.3) is 0 Å². The summed E-state index contributed by atoms with van der Waals surface area (Å²) in [5.41, 5.74) is 6.07. The van der Waals surface area contributed by atoms with Crippen molar-refractivity contribution in [3.05, 3.63) is 0 Å². The Morgan fingerprint density at radius 3 is 2.65 bits per heavy atom. The standard InChI is InChI=1S/C16H33N3O/c1-13(2)9-19-7-8-20-16(12-19)11-18-6-4-5-15(10-18)14(3)17/h13-16H,4-12,17H2,1-3H3. The van der Waals surface area contributed by atoms with Crippen LogP contribution in [0.25, 0.3) is 0 Å². The summed E-state index contributed by atoms with van der Waals surface area (Å²) in [4.78, 5) is 5.13. The molecule has 118 valence electrons. The minimum absolute atomic E-state index is 0.322. The summed E-state index contributed by atoms with van der Waals surface area (Å²) in [7, 11) is 0. The Morgan fingerprint density at radius 2 is 1.95 bits per heavy atom. The average Bonchev–Trinajstić information content (AvgIpc) is 2.38. The minimum Gasteiger partial charge on any atom is -0.374 e. The third kappa shape index (κ3) is 4.99. The van der Waals surface area contributed by atoms with E-state index in [1.54, 1.807) is 0 Å². The van der Waals surface area contributed by atoms with E-state index < -0.39 is 0 Å². The monoisotopic (exact) mass is 283 g/mol. The lowest BCUT2D eigenvalue weighted by Gasteiger charge is -2.39.